The number of amides is 1. The molecule has 0 spiro atoms. The van der Waals surface area contributed by atoms with Crippen LogP contribution in [0.4, 0.5) is 5.69 Å². The van der Waals surface area contributed by atoms with Gasteiger partial charge in [-0.25, -0.2) is 4.79 Å². The van der Waals surface area contributed by atoms with Gasteiger partial charge in [-0.15, -0.1) is 11.3 Å². The molecule has 1 amide bonds. The highest BCUT2D eigenvalue weighted by atomic mass is 35.5. The van der Waals surface area contributed by atoms with E-state index in [1.165, 1.54) is 0 Å². The van der Waals surface area contributed by atoms with Gasteiger partial charge in [-0.1, -0.05) is 23.7 Å². The van der Waals surface area contributed by atoms with Gasteiger partial charge in [0.1, 0.15) is 5.75 Å². The lowest BCUT2D eigenvalue weighted by Gasteiger charge is -2.10. The predicted molar refractivity (Wildman–Crippen MR) is 76.9 cm³/mol. The third-order valence-electron chi connectivity index (χ3n) is 2.28. The van der Waals surface area contributed by atoms with Crippen LogP contribution < -0.4 is 10.1 Å². The number of hydrogen-bond acceptors (Lipinski definition) is 4. The molecule has 0 aliphatic carbocycles. The molecule has 20 heavy (non-hydrogen) atoms. The molecule has 0 aliphatic heterocycles. The molecular formula is C13H10ClNO4S. The van der Waals surface area contributed by atoms with Gasteiger partial charge in [0, 0.05) is 0 Å². The summed E-state index contributed by atoms with van der Waals surface area (Å²) in [5, 5.41) is 11.3. The van der Waals surface area contributed by atoms with Crippen molar-refractivity contribution in [2.75, 3.05) is 11.9 Å². The molecule has 0 radical (unpaired) electrons. The van der Waals surface area contributed by atoms with Gasteiger partial charge in [-0.3, -0.25) is 4.79 Å². The van der Waals surface area contributed by atoms with Crippen LogP contribution in [0, 0.1) is 0 Å². The number of thiophene rings is 1. The van der Waals surface area contributed by atoms with Crippen LogP contribution in [0.1, 0.15) is 9.67 Å². The van der Waals surface area contributed by atoms with Crippen LogP contribution in [0.25, 0.3) is 0 Å². The van der Waals surface area contributed by atoms with E-state index in [0.29, 0.717) is 20.7 Å². The van der Waals surface area contributed by atoms with Gasteiger partial charge in [0.2, 0.25) is 0 Å². The Balaban J connectivity index is 2.12. The second-order valence-corrected chi connectivity index (χ2v) is 5.45. The Hall–Kier alpha value is -2.05. The first-order valence-corrected chi connectivity index (χ1v) is 6.76. The minimum absolute atomic E-state index is 0.297. The van der Waals surface area contributed by atoms with Crippen LogP contribution in [0.15, 0.2) is 36.4 Å². The molecule has 1 aromatic carbocycles. The molecule has 1 aromatic heterocycles. The van der Waals surface area contributed by atoms with Gasteiger partial charge in [0.25, 0.3) is 5.91 Å². The topological polar surface area (TPSA) is 75.6 Å². The summed E-state index contributed by atoms with van der Waals surface area (Å²) in [6.45, 7) is -0.474. The smallest absolute Gasteiger partial charge is 0.341 e. The Morgan fingerprint density at radius 3 is 2.65 bits per heavy atom. The van der Waals surface area contributed by atoms with E-state index in [1.54, 1.807) is 36.4 Å². The highest BCUT2D eigenvalue weighted by Gasteiger charge is 2.12. The number of benzene rings is 1. The summed E-state index contributed by atoms with van der Waals surface area (Å²) in [5.41, 5.74) is 0.406. The van der Waals surface area contributed by atoms with Gasteiger partial charge in [0.15, 0.2) is 6.61 Å². The summed E-state index contributed by atoms with van der Waals surface area (Å²) in [4.78, 5) is 23.0. The number of rotatable bonds is 5. The molecule has 0 aliphatic rings. The number of nitrogens with one attached hydrogen (secondary N) is 1. The molecule has 104 valence electrons. The van der Waals surface area contributed by atoms with Crippen LogP contribution in [0.3, 0.4) is 0 Å². The maximum absolute atomic E-state index is 12.0. The van der Waals surface area contributed by atoms with E-state index in [9.17, 15) is 9.59 Å². The van der Waals surface area contributed by atoms with E-state index in [4.69, 9.17) is 21.4 Å². The van der Waals surface area contributed by atoms with Crippen molar-refractivity contribution in [2.45, 2.75) is 0 Å². The van der Waals surface area contributed by atoms with E-state index in [0.717, 1.165) is 11.3 Å². The highest BCUT2D eigenvalue weighted by molar-refractivity contribution is 7.18. The highest BCUT2D eigenvalue weighted by Crippen LogP contribution is 2.26. The quantitative estimate of drug-likeness (QED) is 0.889. The van der Waals surface area contributed by atoms with Crippen molar-refractivity contribution in [3.8, 4) is 5.75 Å². The summed E-state index contributed by atoms with van der Waals surface area (Å²) in [5.74, 6) is -1.12. The van der Waals surface area contributed by atoms with E-state index >= 15 is 0 Å². The fourth-order valence-corrected chi connectivity index (χ4v) is 2.39. The number of halogens is 1. The lowest BCUT2D eigenvalue weighted by molar-refractivity contribution is -0.139. The summed E-state index contributed by atoms with van der Waals surface area (Å²) < 4.78 is 5.62. The van der Waals surface area contributed by atoms with Gasteiger partial charge in [-0.05, 0) is 24.3 Å². The van der Waals surface area contributed by atoms with Crippen LogP contribution >= 0.6 is 22.9 Å². The molecule has 0 saturated heterocycles. The van der Waals surface area contributed by atoms with E-state index in [2.05, 4.69) is 5.32 Å². The Kier molecular flexibility index (Phi) is 4.60. The second kappa shape index (κ2) is 6.40. The first-order valence-electron chi connectivity index (χ1n) is 5.56. The van der Waals surface area contributed by atoms with Crippen molar-refractivity contribution in [2.24, 2.45) is 0 Å². The molecular weight excluding hydrogens is 302 g/mol. The Morgan fingerprint density at radius 1 is 1.25 bits per heavy atom. The number of anilines is 1. The molecule has 0 bridgehead atoms. The SMILES string of the molecule is O=C(O)COc1ccccc1NC(=O)c1ccc(Cl)s1. The van der Waals surface area contributed by atoms with Crippen molar-refractivity contribution >= 4 is 40.5 Å². The molecule has 2 aromatic rings. The number of aliphatic carboxylic acids is 1. The number of carboxylic acids is 1. The van der Waals surface area contributed by atoms with Crippen LogP contribution in [-0.2, 0) is 4.79 Å². The molecule has 0 saturated carbocycles. The van der Waals surface area contributed by atoms with Gasteiger partial charge >= 0.3 is 5.97 Å². The van der Waals surface area contributed by atoms with E-state index in [1.807, 2.05) is 0 Å². The Bertz CT molecular complexity index is 641. The minimum Gasteiger partial charge on any atom is -0.480 e. The van der Waals surface area contributed by atoms with Crippen molar-refractivity contribution in [1.29, 1.82) is 0 Å². The Morgan fingerprint density at radius 2 is 2.00 bits per heavy atom. The number of carboxylic acid groups (broad SMARTS) is 1. The first kappa shape index (κ1) is 14.4. The summed E-state index contributed by atoms with van der Waals surface area (Å²) >= 11 is 6.93. The van der Waals surface area contributed by atoms with Crippen molar-refractivity contribution in [3.05, 3.63) is 45.6 Å². The number of ether oxygens (including phenoxy) is 1. The molecule has 0 unspecified atom stereocenters. The number of carbonyl (C=O) groups excluding carboxylic acids is 1. The lowest BCUT2D eigenvalue weighted by atomic mass is 10.3. The maximum Gasteiger partial charge on any atom is 0.341 e. The van der Waals surface area contributed by atoms with Crippen LogP contribution in [0.5, 0.6) is 5.75 Å². The maximum atomic E-state index is 12.0. The normalized spacial score (nSPS) is 10.1. The van der Waals surface area contributed by atoms with E-state index in [-0.39, 0.29) is 5.91 Å². The average molecular weight is 312 g/mol. The van der Waals surface area contributed by atoms with Gasteiger partial charge in [0.05, 0.1) is 14.9 Å². The third kappa shape index (κ3) is 3.72. The van der Waals surface area contributed by atoms with Crippen molar-refractivity contribution in [1.82, 2.24) is 0 Å². The fraction of sp³-hybridized carbons (Fsp3) is 0.0769. The largest absolute Gasteiger partial charge is 0.480 e. The summed E-state index contributed by atoms with van der Waals surface area (Å²) in [6.07, 6.45) is 0. The average Bonchev–Trinajstić information content (AvgIpc) is 2.84. The molecule has 0 fully saturated rings. The number of para-hydroxylation sites is 2. The Labute approximate surface area is 123 Å². The molecule has 0 atom stereocenters. The number of carbonyl (C=O) groups is 2. The van der Waals surface area contributed by atoms with Crippen molar-refractivity contribution in [3.63, 3.8) is 0 Å². The monoisotopic (exact) mass is 311 g/mol. The van der Waals surface area contributed by atoms with Crippen molar-refractivity contribution < 1.29 is 19.4 Å². The van der Waals surface area contributed by atoms with Gasteiger partial charge in [-0.2, -0.15) is 0 Å². The molecule has 1 heterocycles. The van der Waals surface area contributed by atoms with Crippen LogP contribution in [-0.4, -0.2) is 23.6 Å². The van der Waals surface area contributed by atoms with Crippen LogP contribution in [0.2, 0.25) is 4.34 Å². The number of hydrogen-bond donors (Lipinski definition) is 2. The standard InChI is InChI=1S/C13H10ClNO4S/c14-11-6-5-10(20-11)13(18)15-8-3-1-2-4-9(8)19-7-12(16)17/h1-6H,7H2,(H,15,18)(H,16,17). The molecule has 2 rings (SSSR count). The molecule has 7 heteroatoms. The molecule has 2 N–H and O–H groups in total. The third-order valence-corrected chi connectivity index (χ3v) is 3.51. The second-order valence-electron chi connectivity index (χ2n) is 3.74. The lowest BCUT2D eigenvalue weighted by Crippen LogP contribution is -2.14. The fourth-order valence-electron chi connectivity index (χ4n) is 1.46. The zero-order valence-corrected chi connectivity index (χ0v) is 11.7. The summed E-state index contributed by atoms with van der Waals surface area (Å²) in [6, 6.07) is 9.86. The summed E-state index contributed by atoms with van der Waals surface area (Å²) in [7, 11) is 0. The zero-order valence-electron chi connectivity index (χ0n) is 10.1. The minimum atomic E-state index is -1.09. The molecule has 5 nitrogen and oxygen atoms in total. The van der Waals surface area contributed by atoms with Gasteiger partial charge < -0.3 is 15.2 Å². The zero-order chi connectivity index (χ0) is 14.5. The first-order chi connectivity index (χ1) is 9.56. The predicted octanol–water partition coefficient (Wildman–Crippen LogP) is 3.12. The van der Waals surface area contributed by atoms with E-state index < -0.39 is 12.6 Å².